The van der Waals surface area contributed by atoms with Crippen molar-refractivity contribution in [2.45, 2.75) is 11.8 Å². The van der Waals surface area contributed by atoms with Gasteiger partial charge in [-0.3, -0.25) is 9.10 Å². The number of anilines is 1. The summed E-state index contributed by atoms with van der Waals surface area (Å²) in [7, 11) is -0.978. The van der Waals surface area contributed by atoms with E-state index in [1.807, 2.05) is 0 Å². The molecule has 34 heavy (non-hydrogen) atoms. The summed E-state index contributed by atoms with van der Waals surface area (Å²) in [5.41, 5.74) is 3.97. The third-order valence-corrected chi connectivity index (χ3v) is 6.92. The van der Waals surface area contributed by atoms with Crippen LogP contribution in [0.15, 0.2) is 82.8 Å². The van der Waals surface area contributed by atoms with Crippen molar-refractivity contribution in [3.05, 3.63) is 83.4 Å². The van der Waals surface area contributed by atoms with Crippen molar-refractivity contribution in [2.75, 3.05) is 25.1 Å². The predicted molar refractivity (Wildman–Crippen MR) is 132 cm³/mol. The number of hydrazone groups is 1. The molecule has 0 aliphatic rings. The fourth-order valence-electron chi connectivity index (χ4n) is 3.08. The second-order valence-corrected chi connectivity index (χ2v) is 9.40. The zero-order valence-corrected chi connectivity index (χ0v) is 20.4. The van der Waals surface area contributed by atoms with E-state index < -0.39 is 22.5 Å². The Kier molecular flexibility index (Phi) is 8.14. The quantitative estimate of drug-likeness (QED) is 0.352. The topological polar surface area (TPSA) is 97.3 Å². The Labute approximate surface area is 203 Å². The molecule has 0 spiro atoms. The van der Waals surface area contributed by atoms with E-state index in [-0.39, 0.29) is 4.90 Å². The van der Waals surface area contributed by atoms with E-state index in [2.05, 4.69) is 10.5 Å². The van der Waals surface area contributed by atoms with Gasteiger partial charge in [0.25, 0.3) is 15.9 Å². The number of nitrogens with one attached hydrogen (secondary N) is 1. The van der Waals surface area contributed by atoms with Crippen LogP contribution in [-0.4, -0.2) is 40.8 Å². The molecular weight excluding hydrogens is 478 g/mol. The number of rotatable bonds is 9. The smallest absolute Gasteiger partial charge is 0.264 e. The van der Waals surface area contributed by atoms with Gasteiger partial charge in [-0.1, -0.05) is 29.8 Å². The number of methoxy groups -OCH3 is 2. The van der Waals surface area contributed by atoms with Crippen molar-refractivity contribution in [2.24, 2.45) is 5.10 Å². The van der Waals surface area contributed by atoms with Gasteiger partial charge in [0.1, 0.15) is 6.54 Å². The lowest BCUT2D eigenvalue weighted by Crippen LogP contribution is -2.39. The SMILES string of the molecule is COc1ccc(/C(C)=N\NC(=O)CN(c2ccccc2)S(=O)(=O)c2ccc(Cl)cc2)cc1OC. The monoisotopic (exact) mass is 501 g/mol. The van der Waals surface area contributed by atoms with Crippen molar-refractivity contribution < 1.29 is 22.7 Å². The Morgan fingerprint density at radius 3 is 2.24 bits per heavy atom. The van der Waals surface area contributed by atoms with E-state index >= 15 is 0 Å². The molecule has 0 aliphatic heterocycles. The number of para-hydroxylation sites is 1. The highest BCUT2D eigenvalue weighted by molar-refractivity contribution is 7.92. The summed E-state index contributed by atoms with van der Waals surface area (Å²) in [5, 5.41) is 4.53. The number of amides is 1. The van der Waals surface area contributed by atoms with Crippen molar-refractivity contribution in [3.63, 3.8) is 0 Å². The average Bonchev–Trinajstić information content (AvgIpc) is 2.86. The molecule has 3 aromatic carbocycles. The van der Waals surface area contributed by atoms with E-state index in [4.69, 9.17) is 21.1 Å². The third-order valence-electron chi connectivity index (χ3n) is 4.88. The molecule has 0 saturated heterocycles. The highest BCUT2D eigenvalue weighted by Gasteiger charge is 2.27. The molecule has 178 valence electrons. The van der Waals surface area contributed by atoms with Gasteiger partial charge in [0.2, 0.25) is 0 Å². The molecule has 0 aromatic heterocycles. The van der Waals surface area contributed by atoms with Gasteiger partial charge in [-0.15, -0.1) is 0 Å². The number of benzene rings is 3. The molecule has 1 N–H and O–H groups in total. The largest absolute Gasteiger partial charge is 0.493 e. The molecule has 1 amide bonds. The number of hydrogen-bond donors (Lipinski definition) is 1. The van der Waals surface area contributed by atoms with Crippen LogP contribution < -0.4 is 19.2 Å². The van der Waals surface area contributed by atoms with E-state index in [0.717, 1.165) is 4.31 Å². The van der Waals surface area contributed by atoms with Crippen molar-refractivity contribution >= 4 is 38.9 Å². The van der Waals surface area contributed by atoms with E-state index in [1.54, 1.807) is 55.5 Å². The minimum absolute atomic E-state index is 0.0126. The second-order valence-electron chi connectivity index (χ2n) is 7.10. The summed E-state index contributed by atoms with van der Waals surface area (Å²) >= 11 is 5.90. The summed E-state index contributed by atoms with van der Waals surface area (Å²) in [4.78, 5) is 12.7. The number of hydrogen-bond acceptors (Lipinski definition) is 6. The lowest BCUT2D eigenvalue weighted by atomic mass is 10.1. The Hall–Kier alpha value is -3.56. The summed E-state index contributed by atoms with van der Waals surface area (Å²) in [6.45, 7) is 1.23. The number of halogens is 1. The molecule has 0 fully saturated rings. The fraction of sp³-hybridized carbons (Fsp3) is 0.167. The maximum Gasteiger partial charge on any atom is 0.264 e. The molecule has 3 rings (SSSR count). The summed E-state index contributed by atoms with van der Waals surface area (Å²) in [5.74, 6) is 0.473. The summed E-state index contributed by atoms with van der Waals surface area (Å²) < 4.78 is 38.2. The van der Waals surface area contributed by atoms with Gasteiger partial charge in [0, 0.05) is 10.6 Å². The van der Waals surface area contributed by atoms with Gasteiger partial charge in [0.15, 0.2) is 11.5 Å². The number of carbonyl (C=O) groups is 1. The molecule has 10 heteroatoms. The van der Waals surface area contributed by atoms with Gasteiger partial charge in [-0.25, -0.2) is 13.8 Å². The van der Waals surface area contributed by atoms with Crippen LogP contribution in [0, 0.1) is 0 Å². The first-order valence-corrected chi connectivity index (χ1v) is 12.0. The Morgan fingerprint density at radius 2 is 1.62 bits per heavy atom. The minimum atomic E-state index is -4.04. The normalized spacial score (nSPS) is 11.6. The molecule has 8 nitrogen and oxygen atoms in total. The zero-order valence-electron chi connectivity index (χ0n) is 18.9. The molecule has 0 aliphatic carbocycles. The first kappa shape index (κ1) is 25.1. The van der Waals surface area contributed by atoms with Crippen LogP contribution in [0.4, 0.5) is 5.69 Å². The Morgan fingerprint density at radius 1 is 0.971 bits per heavy atom. The first-order valence-electron chi connectivity index (χ1n) is 10.1. The van der Waals surface area contributed by atoms with Crippen LogP contribution in [0.1, 0.15) is 12.5 Å². The summed E-state index contributed by atoms with van der Waals surface area (Å²) in [6.07, 6.45) is 0. The predicted octanol–water partition coefficient (Wildman–Crippen LogP) is 4.09. The lowest BCUT2D eigenvalue weighted by Gasteiger charge is -2.23. The number of sulfonamides is 1. The van der Waals surface area contributed by atoms with Crippen LogP contribution >= 0.6 is 11.6 Å². The van der Waals surface area contributed by atoms with Crippen LogP contribution in [0.3, 0.4) is 0 Å². The van der Waals surface area contributed by atoms with E-state index in [0.29, 0.717) is 33.5 Å². The molecule has 3 aromatic rings. The minimum Gasteiger partial charge on any atom is -0.493 e. The number of carbonyl (C=O) groups excluding carboxylic acids is 1. The summed E-state index contributed by atoms with van der Waals surface area (Å²) in [6, 6.07) is 19.3. The molecule has 0 atom stereocenters. The van der Waals surface area contributed by atoms with Crippen LogP contribution in [0.2, 0.25) is 5.02 Å². The van der Waals surface area contributed by atoms with Crippen molar-refractivity contribution in [3.8, 4) is 11.5 Å². The third kappa shape index (κ3) is 5.86. The van der Waals surface area contributed by atoms with Crippen LogP contribution in [0.5, 0.6) is 11.5 Å². The fourth-order valence-corrected chi connectivity index (χ4v) is 4.63. The molecule has 0 bridgehead atoms. The molecule has 0 heterocycles. The molecule has 0 unspecified atom stereocenters. The maximum atomic E-state index is 13.3. The second kappa shape index (κ2) is 11.0. The molecular formula is C24H24ClN3O5S. The first-order chi connectivity index (χ1) is 16.3. The van der Waals surface area contributed by atoms with Crippen molar-refractivity contribution in [1.29, 1.82) is 0 Å². The van der Waals surface area contributed by atoms with Gasteiger partial charge in [-0.2, -0.15) is 5.10 Å². The van der Waals surface area contributed by atoms with Gasteiger partial charge in [0.05, 0.1) is 30.5 Å². The van der Waals surface area contributed by atoms with E-state index in [9.17, 15) is 13.2 Å². The van der Waals surface area contributed by atoms with Crippen LogP contribution in [-0.2, 0) is 14.8 Å². The van der Waals surface area contributed by atoms with Gasteiger partial charge < -0.3 is 9.47 Å². The Balaban J connectivity index is 1.83. The van der Waals surface area contributed by atoms with Gasteiger partial charge in [-0.05, 0) is 61.5 Å². The average molecular weight is 502 g/mol. The highest BCUT2D eigenvalue weighted by atomic mass is 35.5. The maximum absolute atomic E-state index is 13.3. The highest BCUT2D eigenvalue weighted by Crippen LogP contribution is 2.28. The molecule has 0 radical (unpaired) electrons. The van der Waals surface area contributed by atoms with Gasteiger partial charge >= 0.3 is 0 Å². The lowest BCUT2D eigenvalue weighted by molar-refractivity contribution is -0.119. The Bertz CT molecular complexity index is 1280. The van der Waals surface area contributed by atoms with Crippen LogP contribution in [0.25, 0.3) is 0 Å². The standard InChI is InChI=1S/C24H24ClN3O5S/c1-17(18-9-14-22(32-2)23(15-18)33-3)26-27-24(29)16-28(20-7-5-4-6-8-20)34(30,31)21-12-10-19(25)11-13-21/h4-15H,16H2,1-3H3,(H,27,29)/b26-17-. The number of nitrogens with zero attached hydrogens (tertiary/aromatic N) is 2. The van der Waals surface area contributed by atoms with Crippen molar-refractivity contribution in [1.82, 2.24) is 5.43 Å². The van der Waals surface area contributed by atoms with E-state index in [1.165, 1.54) is 38.5 Å². The molecule has 0 saturated carbocycles. The number of ether oxygens (including phenoxy) is 2. The zero-order chi connectivity index (χ0) is 24.7.